The molecule has 0 bridgehead atoms. The van der Waals surface area contributed by atoms with Gasteiger partial charge in [-0.2, -0.15) is 5.10 Å². The minimum Gasteiger partial charge on any atom is -0.451 e. The molecule has 1 aromatic heterocycles. The predicted octanol–water partition coefficient (Wildman–Crippen LogP) is 2.64. The van der Waals surface area contributed by atoms with Crippen LogP contribution in [0, 0.1) is 0 Å². The fourth-order valence-corrected chi connectivity index (χ4v) is 3.01. The fraction of sp³-hybridized carbons (Fsp3) is 0.182. The highest BCUT2D eigenvalue weighted by Gasteiger charge is 2.29. The van der Waals surface area contributed by atoms with Crippen molar-refractivity contribution in [2.45, 2.75) is 18.8 Å². The number of nitrogens with zero attached hydrogens (tertiary/aromatic N) is 2. The smallest absolute Gasteiger partial charge is 0.357 e. The Morgan fingerprint density at radius 2 is 1.77 bits per heavy atom. The highest BCUT2D eigenvalue weighted by molar-refractivity contribution is 5.96. The van der Waals surface area contributed by atoms with E-state index in [1.165, 1.54) is 12.1 Å². The quantitative estimate of drug-likeness (QED) is 0.587. The lowest BCUT2D eigenvalue weighted by molar-refractivity contribution is -0.119. The van der Waals surface area contributed by atoms with Crippen molar-refractivity contribution in [3.05, 3.63) is 77.6 Å². The Bertz CT molecular complexity index is 1090. The Morgan fingerprint density at radius 3 is 2.40 bits per heavy atom. The zero-order valence-electron chi connectivity index (χ0n) is 16.1. The number of nitrogens with two attached hydrogens (primary N) is 1. The van der Waals surface area contributed by atoms with Crippen molar-refractivity contribution in [2.75, 3.05) is 11.9 Å². The number of esters is 1. The van der Waals surface area contributed by atoms with Crippen LogP contribution < -0.4 is 11.1 Å². The normalized spacial score (nSPS) is 12.9. The number of rotatable bonds is 7. The summed E-state index contributed by atoms with van der Waals surface area (Å²) >= 11 is 0. The molecule has 0 spiro atoms. The number of para-hydroxylation sites is 1. The molecular formula is C22H20N4O4. The Labute approximate surface area is 172 Å². The van der Waals surface area contributed by atoms with Gasteiger partial charge >= 0.3 is 5.97 Å². The molecule has 2 aromatic carbocycles. The molecule has 0 radical (unpaired) electrons. The summed E-state index contributed by atoms with van der Waals surface area (Å²) in [5.41, 5.74) is 7.86. The standard InChI is InChI=1S/C22H20N4O4/c23-21(28)15-8-10-16(11-9-15)24-20(27)13-30-22(29)19-12-18(14-6-7-14)25-26(19)17-4-2-1-3-5-17/h1-5,8-12,14H,6-7,13H2,(H2,23,28)(H,24,27). The monoisotopic (exact) mass is 404 g/mol. The lowest BCUT2D eigenvalue weighted by atomic mass is 10.2. The molecule has 3 aromatic rings. The Hall–Kier alpha value is -3.94. The maximum Gasteiger partial charge on any atom is 0.357 e. The first kappa shape index (κ1) is 19.4. The number of carbonyl (C=O) groups is 3. The average molecular weight is 404 g/mol. The summed E-state index contributed by atoms with van der Waals surface area (Å²) in [4.78, 5) is 35.9. The van der Waals surface area contributed by atoms with Crippen molar-refractivity contribution in [2.24, 2.45) is 5.73 Å². The van der Waals surface area contributed by atoms with E-state index in [-0.39, 0.29) is 5.69 Å². The van der Waals surface area contributed by atoms with Gasteiger partial charge in [0.15, 0.2) is 12.3 Å². The van der Waals surface area contributed by atoms with Crippen LogP contribution in [0.15, 0.2) is 60.7 Å². The highest BCUT2D eigenvalue weighted by atomic mass is 16.5. The number of aromatic nitrogens is 2. The predicted molar refractivity (Wildman–Crippen MR) is 109 cm³/mol. The molecule has 0 unspecified atom stereocenters. The van der Waals surface area contributed by atoms with Crippen LogP contribution in [0.25, 0.3) is 5.69 Å². The molecule has 1 heterocycles. The molecule has 3 N–H and O–H groups in total. The van der Waals surface area contributed by atoms with Crippen LogP contribution >= 0.6 is 0 Å². The van der Waals surface area contributed by atoms with E-state index in [0.29, 0.717) is 17.2 Å². The molecule has 30 heavy (non-hydrogen) atoms. The molecule has 1 fully saturated rings. The Balaban J connectivity index is 1.42. The number of carbonyl (C=O) groups excluding carboxylic acids is 3. The van der Waals surface area contributed by atoms with Gasteiger partial charge in [0.25, 0.3) is 5.91 Å². The van der Waals surface area contributed by atoms with Crippen LogP contribution in [-0.2, 0) is 9.53 Å². The minimum atomic E-state index is -0.627. The van der Waals surface area contributed by atoms with Crippen LogP contribution in [0.2, 0.25) is 0 Å². The largest absolute Gasteiger partial charge is 0.451 e. The number of ether oxygens (including phenoxy) is 1. The lowest BCUT2D eigenvalue weighted by Crippen LogP contribution is -2.22. The third-order valence-corrected chi connectivity index (χ3v) is 4.72. The molecule has 0 atom stereocenters. The lowest BCUT2D eigenvalue weighted by Gasteiger charge is -2.09. The maximum absolute atomic E-state index is 12.7. The van der Waals surface area contributed by atoms with Crippen LogP contribution in [0.1, 0.15) is 45.3 Å². The minimum absolute atomic E-state index is 0.279. The number of hydrogen-bond acceptors (Lipinski definition) is 5. The van der Waals surface area contributed by atoms with Gasteiger partial charge in [-0.3, -0.25) is 9.59 Å². The summed E-state index contributed by atoms with van der Waals surface area (Å²) in [6.45, 7) is -0.449. The number of hydrogen-bond donors (Lipinski definition) is 2. The first-order valence-corrected chi connectivity index (χ1v) is 9.53. The number of amides is 2. The molecule has 4 rings (SSSR count). The number of nitrogens with one attached hydrogen (secondary N) is 1. The third kappa shape index (κ3) is 4.38. The second-order valence-electron chi connectivity index (χ2n) is 7.04. The Kier molecular flexibility index (Phi) is 5.30. The maximum atomic E-state index is 12.7. The van der Waals surface area contributed by atoms with Gasteiger partial charge in [-0.1, -0.05) is 18.2 Å². The van der Waals surface area contributed by atoms with Crippen molar-refractivity contribution in [1.82, 2.24) is 9.78 Å². The van der Waals surface area contributed by atoms with E-state index in [0.717, 1.165) is 24.2 Å². The molecule has 0 saturated heterocycles. The topological polar surface area (TPSA) is 116 Å². The molecule has 8 nitrogen and oxygen atoms in total. The van der Waals surface area contributed by atoms with Gasteiger partial charge < -0.3 is 15.8 Å². The van der Waals surface area contributed by atoms with Crippen molar-refractivity contribution in [3.63, 3.8) is 0 Å². The van der Waals surface area contributed by atoms with E-state index in [9.17, 15) is 14.4 Å². The summed E-state index contributed by atoms with van der Waals surface area (Å²) in [5, 5.41) is 7.16. The van der Waals surface area contributed by atoms with Gasteiger partial charge in [-0.15, -0.1) is 0 Å². The zero-order valence-corrected chi connectivity index (χ0v) is 16.1. The molecule has 1 aliphatic carbocycles. The highest BCUT2D eigenvalue weighted by Crippen LogP contribution is 2.39. The molecule has 8 heteroatoms. The van der Waals surface area contributed by atoms with E-state index >= 15 is 0 Å². The van der Waals surface area contributed by atoms with Gasteiger partial charge in [-0.05, 0) is 55.3 Å². The zero-order chi connectivity index (χ0) is 21.1. The molecule has 152 valence electrons. The van der Waals surface area contributed by atoms with Crippen LogP contribution in [0.3, 0.4) is 0 Å². The molecule has 2 amide bonds. The fourth-order valence-electron chi connectivity index (χ4n) is 3.01. The van der Waals surface area contributed by atoms with E-state index in [2.05, 4.69) is 10.4 Å². The van der Waals surface area contributed by atoms with Crippen molar-refractivity contribution in [1.29, 1.82) is 0 Å². The van der Waals surface area contributed by atoms with Gasteiger partial charge in [-0.25, -0.2) is 9.48 Å². The van der Waals surface area contributed by atoms with Crippen LogP contribution in [0.5, 0.6) is 0 Å². The van der Waals surface area contributed by atoms with Crippen molar-refractivity contribution in [3.8, 4) is 5.69 Å². The van der Waals surface area contributed by atoms with Crippen LogP contribution in [-0.4, -0.2) is 34.2 Å². The second-order valence-corrected chi connectivity index (χ2v) is 7.04. The van der Waals surface area contributed by atoms with Gasteiger partial charge in [0.05, 0.1) is 11.4 Å². The van der Waals surface area contributed by atoms with E-state index < -0.39 is 24.4 Å². The van der Waals surface area contributed by atoms with Gasteiger partial charge in [0, 0.05) is 17.2 Å². The Morgan fingerprint density at radius 1 is 1.07 bits per heavy atom. The first-order chi connectivity index (χ1) is 14.5. The number of benzene rings is 2. The molecule has 1 saturated carbocycles. The first-order valence-electron chi connectivity index (χ1n) is 9.53. The van der Waals surface area contributed by atoms with Gasteiger partial charge in [0.1, 0.15) is 0 Å². The SMILES string of the molecule is NC(=O)c1ccc(NC(=O)COC(=O)c2cc(C3CC3)nn2-c2ccccc2)cc1. The van der Waals surface area contributed by atoms with E-state index in [4.69, 9.17) is 10.5 Å². The average Bonchev–Trinajstić information content (AvgIpc) is 3.51. The second kappa shape index (κ2) is 8.20. The summed E-state index contributed by atoms with van der Waals surface area (Å²) in [6, 6.07) is 17.1. The van der Waals surface area contributed by atoms with Crippen LogP contribution in [0.4, 0.5) is 5.69 Å². The molecular weight excluding hydrogens is 384 g/mol. The van der Waals surface area contributed by atoms with Gasteiger partial charge in [0.2, 0.25) is 5.91 Å². The third-order valence-electron chi connectivity index (χ3n) is 4.72. The molecule has 0 aliphatic heterocycles. The number of anilines is 1. The van der Waals surface area contributed by atoms with E-state index in [1.54, 1.807) is 22.9 Å². The number of primary amides is 1. The summed E-state index contributed by atoms with van der Waals surface area (Å²) < 4.78 is 6.77. The van der Waals surface area contributed by atoms with E-state index in [1.807, 2.05) is 30.3 Å². The van der Waals surface area contributed by atoms with Crippen molar-refractivity contribution < 1.29 is 19.1 Å². The van der Waals surface area contributed by atoms with Crippen molar-refractivity contribution >= 4 is 23.5 Å². The summed E-state index contributed by atoms with van der Waals surface area (Å²) in [6.07, 6.45) is 2.11. The summed E-state index contributed by atoms with van der Waals surface area (Å²) in [7, 11) is 0. The molecule has 1 aliphatic rings. The summed E-state index contributed by atoms with van der Waals surface area (Å²) in [5.74, 6) is -1.31.